The van der Waals surface area contributed by atoms with Gasteiger partial charge in [0, 0.05) is 12.0 Å². The molecule has 110 valence electrons. The monoisotopic (exact) mass is 263 g/mol. The van der Waals surface area contributed by atoms with Gasteiger partial charge in [-0.15, -0.1) is 12.3 Å². The molecule has 3 atom stereocenters. The van der Waals surface area contributed by atoms with Crippen molar-refractivity contribution >= 4 is 0 Å². The van der Waals surface area contributed by atoms with Gasteiger partial charge in [0.15, 0.2) is 0 Å². The van der Waals surface area contributed by atoms with Crippen molar-refractivity contribution in [2.75, 3.05) is 6.54 Å². The van der Waals surface area contributed by atoms with E-state index in [0.717, 1.165) is 24.8 Å². The Morgan fingerprint density at radius 2 is 1.68 bits per heavy atom. The molecule has 0 bridgehead atoms. The van der Waals surface area contributed by atoms with Crippen molar-refractivity contribution in [1.82, 2.24) is 5.32 Å². The van der Waals surface area contributed by atoms with Crippen LogP contribution in [-0.2, 0) is 0 Å². The molecule has 1 nitrogen and oxygen atoms in total. The molecule has 1 heteroatoms. The Labute approximate surface area is 120 Å². The molecule has 0 radical (unpaired) electrons. The van der Waals surface area contributed by atoms with Gasteiger partial charge in [0.05, 0.1) is 0 Å². The average Bonchev–Trinajstić information content (AvgIpc) is 2.25. The predicted octanol–water partition coefficient (Wildman–Crippen LogP) is 4.48. The van der Waals surface area contributed by atoms with Crippen LogP contribution in [0.25, 0.3) is 0 Å². The van der Waals surface area contributed by atoms with Crippen LogP contribution in [0.1, 0.15) is 67.2 Å². The number of hydrogen-bond donors (Lipinski definition) is 1. The Hall–Kier alpha value is -0.480. The first kappa shape index (κ1) is 16.6. The Bertz CT molecular complexity index is 310. The summed E-state index contributed by atoms with van der Waals surface area (Å²) in [7, 11) is 0. The summed E-state index contributed by atoms with van der Waals surface area (Å²) in [5.41, 5.74) is 0.636. The van der Waals surface area contributed by atoms with Gasteiger partial charge < -0.3 is 5.32 Å². The molecule has 0 heterocycles. The Morgan fingerprint density at radius 3 is 2.16 bits per heavy atom. The van der Waals surface area contributed by atoms with Gasteiger partial charge in [0.25, 0.3) is 0 Å². The number of nitrogens with one attached hydrogen (secondary N) is 1. The van der Waals surface area contributed by atoms with E-state index in [-0.39, 0.29) is 5.54 Å². The van der Waals surface area contributed by atoms with Crippen LogP contribution >= 0.6 is 0 Å². The zero-order valence-electron chi connectivity index (χ0n) is 13.8. The molecular formula is C18H33N. The highest BCUT2D eigenvalue weighted by molar-refractivity contribution is 4.94. The van der Waals surface area contributed by atoms with Gasteiger partial charge in [-0.1, -0.05) is 20.8 Å². The first-order valence-corrected chi connectivity index (χ1v) is 7.82. The lowest BCUT2D eigenvalue weighted by molar-refractivity contribution is 0.0962. The molecule has 0 aromatic heterocycles. The molecular weight excluding hydrogens is 230 g/mol. The van der Waals surface area contributed by atoms with Crippen LogP contribution in [0.3, 0.4) is 0 Å². The highest BCUT2D eigenvalue weighted by atomic mass is 14.9. The fraction of sp³-hybridized carbons (Fsp3) is 0.889. The quantitative estimate of drug-likeness (QED) is 0.740. The van der Waals surface area contributed by atoms with E-state index in [9.17, 15) is 0 Å². The fourth-order valence-corrected chi connectivity index (χ4v) is 3.22. The van der Waals surface area contributed by atoms with Gasteiger partial charge in [-0.2, -0.15) is 0 Å². The van der Waals surface area contributed by atoms with Gasteiger partial charge in [-0.3, -0.25) is 0 Å². The van der Waals surface area contributed by atoms with Crippen LogP contribution < -0.4 is 5.32 Å². The van der Waals surface area contributed by atoms with Crippen molar-refractivity contribution < 1.29 is 0 Å². The fourth-order valence-electron chi connectivity index (χ4n) is 3.22. The van der Waals surface area contributed by atoms with Crippen LogP contribution in [0.4, 0.5) is 0 Å². The minimum absolute atomic E-state index is 0.210. The molecule has 19 heavy (non-hydrogen) atoms. The van der Waals surface area contributed by atoms with E-state index >= 15 is 0 Å². The minimum atomic E-state index is 0.210. The summed E-state index contributed by atoms with van der Waals surface area (Å²) in [5.74, 6) is 5.20. The predicted molar refractivity (Wildman–Crippen MR) is 85.0 cm³/mol. The lowest BCUT2D eigenvalue weighted by atomic mass is 9.65. The molecule has 1 fully saturated rings. The van der Waals surface area contributed by atoms with Crippen molar-refractivity contribution in [3.8, 4) is 12.3 Å². The third-order valence-corrected chi connectivity index (χ3v) is 4.64. The number of hydrogen-bond acceptors (Lipinski definition) is 1. The summed E-state index contributed by atoms with van der Waals surface area (Å²) in [6.45, 7) is 15.0. The summed E-state index contributed by atoms with van der Waals surface area (Å²) in [5, 5.41) is 3.66. The largest absolute Gasteiger partial charge is 0.312 e. The van der Waals surface area contributed by atoms with Crippen LogP contribution in [0.2, 0.25) is 0 Å². The Morgan fingerprint density at radius 1 is 1.05 bits per heavy atom. The maximum Gasteiger partial charge on any atom is 0.0118 e. The molecule has 1 aliphatic rings. The molecule has 0 amide bonds. The topological polar surface area (TPSA) is 12.0 Å². The van der Waals surface area contributed by atoms with E-state index in [2.05, 4.69) is 52.8 Å². The number of rotatable bonds is 3. The normalized spacial score (nSPS) is 29.0. The zero-order valence-corrected chi connectivity index (χ0v) is 13.8. The first-order valence-electron chi connectivity index (χ1n) is 7.82. The third kappa shape index (κ3) is 5.57. The molecule has 1 N–H and O–H groups in total. The maximum absolute atomic E-state index is 5.59. The van der Waals surface area contributed by atoms with Crippen molar-refractivity contribution in [3.63, 3.8) is 0 Å². The van der Waals surface area contributed by atoms with Crippen LogP contribution in [0, 0.1) is 35.5 Å². The molecule has 1 aliphatic carbocycles. The number of terminal acetylenes is 1. The van der Waals surface area contributed by atoms with Crippen molar-refractivity contribution in [3.05, 3.63) is 0 Å². The van der Waals surface area contributed by atoms with Gasteiger partial charge in [0.2, 0.25) is 0 Å². The second-order valence-electron chi connectivity index (χ2n) is 8.44. The minimum Gasteiger partial charge on any atom is -0.312 e. The summed E-state index contributed by atoms with van der Waals surface area (Å²) < 4.78 is 0. The Kier molecular flexibility index (Phi) is 5.51. The lowest BCUT2D eigenvalue weighted by Crippen LogP contribution is -2.43. The SMILES string of the molecule is C#CCC1CC(C(C)(C)C)CCC1CNC(C)(C)C. The van der Waals surface area contributed by atoms with E-state index in [4.69, 9.17) is 6.42 Å². The van der Waals surface area contributed by atoms with Crippen molar-refractivity contribution in [2.24, 2.45) is 23.2 Å². The maximum atomic E-state index is 5.59. The highest BCUT2D eigenvalue weighted by Crippen LogP contribution is 2.43. The molecule has 0 aromatic carbocycles. The van der Waals surface area contributed by atoms with Crippen molar-refractivity contribution in [2.45, 2.75) is 72.8 Å². The highest BCUT2D eigenvalue weighted by Gasteiger charge is 2.35. The van der Waals surface area contributed by atoms with Gasteiger partial charge in [-0.05, 0) is 69.7 Å². The molecule has 0 saturated heterocycles. The van der Waals surface area contributed by atoms with E-state index in [1.54, 1.807) is 0 Å². The van der Waals surface area contributed by atoms with Crippen LogP contribution in [-0.4, -0.2) is 12.1 Å². The second-order valence-corrected chi connectivity index (χ2v) is 8.44. The van der Waals surface area contributed by atoms with Gasteiger partial charge >= 0.3 is 0 Å². The van der Waals surface area contributed by atoms with E-state index < -0.39 is 0 Å². The lowest BCUT2D eigenvalue weighted by Gasteiger charge is -2.42. The molecule has 0 spiro atoms. The molecule has 0 aliphatic heterocycles. The smallest absolute Gasteiger partial charge is 0.0118 e. The Balaban J connectivity index is 2.61. The zero-order chi connectivity index (χ0) is 14.7. The van der Waals surface area contributed by atoms with Gasteiger partial charge in [-0.25, -0.2) is 0 Å². The molecule has 1 rings (SSSR count). The summed E-state index contributed by atoms with van der Waals surface area (Å²) >= 11 is 0. The van der Waals surface area contributed by atoms with E-state index in [0.29, 0.717) is 11.3 Å². The average molecular weight is 263 g/mol. The molecule has 1 saturated carbocycles. The van der Waals surface area contributed by atoms with E-state index in [1.807, 2.05) is 0 Å². The standard InChI is InChI=1S/C18H33N/c1-8-9-14-12-16(17(2,3)4)11-10-15(14)13-19-18(5,6)7/h1,14-16,19H,9-13H2,2-7H3. The first-order chi connectivity index (χ1) is 8.63. The van der Waals surface area contributed by atoms with Crippen LogP contribution in [0.15, 0.2) is 0 Å². The molecule has 3 unspecified atom stereocenters. The summed E-state index contributed by atoms with van der Waals surface area (Å²) in [4.78, 5) is 0. The second kappa shape index (κ2) is 6.31. The summed E-state index contributed by atoms with van der Waals surface area (Å²) in [6, 6.07) is 0. The third-order valence-electron chi connectivity index (χ3n) is 4.64. The van der Waals surface area contributed by atoms with Gasteiger partial charge in [0.1, 0.15) is 0 Å². The summed E-state index contributed by atoms with van der Waals surface area (Å²) in [6.07, 6.45) is 10.5. The van der Waals surface area contributed by atoms with E-state index in [1.165, 1.54) is 19.3 Å². The van der Waals surface area contributed by atoms with Crippen molar-refractivity contribution in [1.29, 1.82) is 0 Å². The molecule has 0 aromatic rings. The van der Waals surface area contributed by atoms with Crippen LogP contribution in [0.5, 0.6) is 0 Å².